The van der Waals surface area contributed by atoms with Gasteiger partial charge < -0.3 is 10.1 Å². The van der Waals surface area contributed by atoms with E-state index in [0.29, 0.717) is 23.3 Å². The van der Waals surface area contributed by atoms with E-state index in [1.807, 2.05) is 19.1 Å². The summed E-state index contributed by atoms with van der Waals surface area (Å²) in [5.41, 5.74) is 0.958. The van der Waals surface area contributed by atoms with Crippen LogP contribution in [0, 0.1) is 5.92 Å². The molecule has 5 heteroatoms. The molecular formula is C15H23NO3S. The van der Waals surface area contributed by atoms with E-state index < -0.39 is 9.84 Å². The van der Waals surface area contributed by atoms with Crippen molar-refractivity contribution in [3.8, 4) is 0 Å². The Bertz CT molecular complexity index is 519. The highest BCUT2D eigenvalue weighted by Crippen LogP contribution is 2.21. The Kier molecular flexibility index (Phi) is 5.05. The van der Waals surface area contributed by atoms with E-state index >= 15 is 0 Å². The SMILES string of the molecule is CCCS(=O)(=O)c1ccc(NC(C)C2CCOC2)cc1. The van der Waals surface area contributed by atoms with Gasteiger partial charge in [-0.25, -0.2) is 8.42 Å². The van der Waals surface area contributed by atoms with E-state index in [2.05, 4.69) is 12.2 Å². The summed E-state index contributed by atoms with van der Waals surface area (Å²) in [5, 5.41) is 3.42. The molecule has 1 N–H and O–H groups in total. The zero-order valence-corrected chi connectivity index (χ0v) is 12.9. The zero-order valence-electron chi connectivity index (χ0n) is 12.1. The Balaban J connectivity index is 2.01. The first-order valence-electron chi connectivity index (χ1n) is 7.20. The molecule has 4 nitrogen and oxygen atoms in total. The summed E-state index contributed by atoms with van der Waals surface area (Å²) in [6, 6.07) is 7.38. The summed E-state index contributed by atoms with van der Waals surface area (Å²) in [6.45, 7) is 5.65. The number of ether oxygens (including phenoxy) is 1. The third-order valence-electron chi connectivity index (χ3n) is 3.75. The topological polar surface area (TPSA) is 55.4 Å². The fourth-order valence-corrected chi connectivity index (χ4v) is 3.80. The lowest BCUT2D eigenvalue weighted by molar-refractivity contribution is 0.183. The summed E-state index contributed by atoms with van der Waals surface area (Å²) in [6.07, 6.45) is 1.72. The number of sulfone groups is 1. The van der Waals surface area contributed by atoms with Gasteiger partial charge in [-0.2, -0.15) is 0 Å². The molecule has 0 aromatic heterocycles. The average Bonchev–Trinajstić information content (AvgIpc) is 2.93. The number of benzene rings is 1. The van der Waals surface area contributed by atoms with Crippen LogP contribution < -0.4 is 5.32 Å². The average molecular weight is 297 g/mol. The number of hydrogen-bond donors (Lipinski definition) is 1. The van der Waals surface area contributed by atoms with Gasteiger partial charge in [0.15, 0.2) is 9.84 Å². The summed E-state index contributed by atoms with van der Waals surface area (Å²) in [4.78, 5) is 0.404. The quantitative estimate of drug-likeness (QED) is 0.877. The van der Waals surface area contributed by atoms with Crippen LogP contribution in [0.3, 0.4) is 0 Å². The Morgan fingerprint density at radius 1 is 1.35 bits per heavy atom. The van der Waals surface area contributed by atoms with Crippen molar-refractivity contribution in [3.63, 3.8) is 0 Å². The van der Waals surface area contributed by atoms with Crippen molar-refractivity contribution in [2.45, 2.75) is 37.6 Å². The van der Waals surface area contributed by atoms with E-state index in [9.17, 15) is 8.42 Å². The fourth-order valence-electron chi connectivity index (χ4n) is 2.47. The van der Waals surface area contributed by atoms with Gasteiger partial charge in [0.1, 0.15) is 0 Å². The molecule has 1 aliphatic heterocycles. The van der Waals surface area contributed by atoms with Gasteiger partial charge in [0.2, 0.25) is 0 Å². The van der Waals surface area contributed by atoms with E-state index in [1.54, 1.807) is 12.1 Å². The van der Waals surface area contributed by atoms with Crippen LogP contribution in [0.1, 0.15) is 26.7 Å². The van der Waals surface area contributed by atoms with Gasteiger partial charge >= 0.3 is 0 Å². The summed E-state index contributed by atoms with van der Waals surface area (Å²) in [7, 11) is -3.12. The predicted octanol–water partition coefficient (Wildman–Crippen LogP) is 2.71. The number of hydrogen-bond acceptors (Lipinski definition) is 4. The molecule has 20 heavy (non-hydrogen) atoms. The molecule has 2 rings (SSSR count). The molecule has 0 spiro atoms. The normalized spacial score (nSPS) is 20.8. The van der Waals surface area contributed by atoms with Crippen LogP contribution in [0.5, 0.6) is 0 Å². The largest absolute Gasteiger partial charge is 0.382 e. The highest BCUT2D eigenvalue weighted by atomic mass is 32.2. The van der Waals surface area contributed by atoms with Crippen molar-refractivity contribution < 1.29 is 13.2 Å². The highest BCUT2D eigenvalue weighted by molar-refractivity contribution is 7.91. The molecule has 1 saturated heterocycles. The maximum atomic E-state index is 11.9. The second-order valence-corrected chi connectivity index (χ2v) is 7.51. The van der Waals surface area contributed by atoms with Gasteiger partial charge in [-0.15, -0.1) is 0 Å². The van der Waals surface area contributed by atoms with Crippen LogP contribution in [0.4, 0.5) is 5.69 Å². The molecule has 112 valence electrons. The Labute approximate surface area is 121 Å². The zero-order chi connectivity index (χ0) is 14.6. The van der Waals surface area contributed by atoms with Crippen molar-refractivity contribution in [2.24, 2.45) is 5.92 Å². The summed E-state index contributed by atoms with van der Waals surface area (Å²) >= 11 is 0. The molecule has 1 heterocycles. The molecule has 2 atom stereocenters. The van der Waals surface area contributed by atoms with Crippen LogP contribution in [-0.4, -0.2) is 33.4 Å². The van der Waals surface area contributed by atoms with Crippen LogP contribution in [-0.2, 0) is 14.6 Å². The van der Waals surface area contributed by atoms with E-state index in [1.165, 1.54) is 0 Å². The van der Waals surface area contributed by atoms with Gasteiger partial charge in [-0.1, -0.05) is 6.92 Å². The minimum Gasteiger partial charge on any atom is -0.382 e. The van der Waals surface area contributed by atoms with Gasteiger partial charge in [0, 0.05) is 24.3 Å². The first-order valence-corrected chi connectivity index (χ1v) is 8.85. The first kappa shape index (κ1) is 15.3. The van der Waals surface area contributed by atoms with Crippen molar-refractivity contribution in [3.05, 3.63) is 24.3 Å². The first-order chi connectivity index (χ1) is 9.53. The van der Waals surface area contributed by atoms with Crippen LogP contribution in [0.15, 0.2) is 29.2 Å². The molecule has 0 radical (unpaired) electrons. The molecule has 2 unspecified atom stereocenters. The summed E-state index contributed by atoms with van der Waals surface area (Å²) in [5.74, 6) is 0.730. The number of anilines is 1. The maximum absolute atomic E-state index is 11.9. The molecular weight excluding hydrogens is 274 g/mol. The van der Waals surface area contributed by atoms with Crippen molar-refractivity contribution in [2.75, 3.05) is 24.3 Å². The van der Waals surface area contributed by atoms with Gasteiger partial charge in [-0.05, 0) is 44.0 Å². The second kappa shape index (κ2) is 6.59. The lowest BCUT2D eigenvalue weighted by Crippen LogP contribution is -2.26. The molecule has 1 aliphatic rings. The second-order valence-electron chi connectivity index (χ2n) is 5.40. The molecule has 1 aromatic rings. The molecule has 0 saturated carbocycles. The van der Waals surface area contributed by atoms with Gasteiger partial charge in [0.05, 0.1) is 17.3 Å². The molecule has 1 aromatic carbocycles. The minimum atomic E-state index is -3.12. The Morgan fingerprint density at radius 3 is 2.60 bits per heavy atom. The molecule has 0 aliphatic carbocycles. The van der Waals surface area contributed by atoms with Crippen LogP contribution >= 0.6 is 0 Å². The Morgan fingerprint density at radius 2 is 2.05 bits per heavy atom. The van der Waals surface area contributed by atoms with Crippen molar-refractivity contribution in [1.82, 2.24) is 0 Å². The van der Waals surface area contributed by atoms with E-state index in [4.69, 9.17) is 4.74 Å². The van der Waals surface area contributed by atoms with Gasteiger partial charge in [-0.3, -0.25) is 0 Å². The third-order valence-corrected chi connectivity index (χ3v) is 5.69. The van der Waals surface area contributed by atoms with Crippen molar-refractivity contribution >= 4 is 15.5 Å². The highest BCUT2D eigenvalue weighted by Gasteiger charge is 2.22. The monoisotopic (exact) mass is 297 g/mol. The number of nitrogens with one attached hydrogen (secondary N) is 1. The number of rotatable bonds is 6. The smallest absolute Gasteiger partial charge is 0.178 e. The van der Waals surface area contributed by atoms with Crippen LogP contribution in [0.2, 0.25) is 0 Å². The Hall–Kier alpha value is -1.07. The lowest BCUT2D eigenvalue weighted by atomic mass is 10.0. The third kappa shape index (κ3) is 3.73. The maximum Gasteiger partial charge on any atom is 0.178 e. The standard InChI is InChI=1S/C15H23NO3S/c1-3-10-20(17,18)15-6-4-14(5-7-15)16-12(2)13-8-9-19-11-13/h4-7,12-13,16H,3,8-11H2,1-2H3. The molecule has 1 fully saturated rings. The lowest BCUT2D eigenvalue weighted by Gasteiger charge is -2.20. The van der Waals surface area contributed by atoms with Gasteiger partial charge in [0.25, 0.3) is 0 Å². The minimum absolute atomic E-state index is 0.204. The fraction of sp³-hybridized carbons (Fsp3) is 0.600. The molecule has 0 amide bonds. The van der Waals surface area contributed by atoms with E-state index in [-0.39, 0.29) is 5.75 Å². The van der Waals surface area contributed by atoms with Crippen molar-refractivity contribution in [1.29, 1.82) is 0 Å². The van der Waals surface area contributed by atoms with E-state index in [0.717, 1.165) is 25.3 Å². The predicted molar refractivity (Wildman–Crippen MR) is 80.8 cm³/mol. The van der Waals surface area contributed by atoms with Crippen LogP contribution in [0.25, 0.3) is 0 Å². The summed E-state index contributed by atoms with van der Waals surface area (Å²) < 4.78 is 29.3. The molecule has 0 bridgehead atoms.